The van der Waals surface area contributed by atoms with Crippen LogP contribution in [0.15, 0.2) is 112 Å². The number of benzene rings is 4. The van der Waals surface area contributed by atoms with Gasteiger partial charge in [0.05, 0.1) is 28.5 Å². The molecular weight excluding hydrogens is 584 g/mol. The summed E-state index contributed by atoms with van der Waals surface area (Å²) in [6, 6.07) is 28.8. The van der Waals surface area contributed by atoms with E-state index in [9.17, 15) is 9.59 Å². The van der Waals surface area contributed by atoms with E-state index in [2.05, 4.69) is 24.3 Å². The maximum Gasteiger partial charge on any atom is 0.338 e. The van der Waals surface area contributed by atoms with Crippen LogP contribution >= 0.6 is 11.3 Å². The smallest absolute Gasteiger partial charge is 0.338 e. The molecule has 1 aromatic heterocycles. The second-order valence-electron chi connectivity index (χ2n) is 11.0. The molecule has 0 N–H and O–H groups in total. The topological polar surface area (TPSA) is 79.1 Å². The van der Waals surface area contributed by atoms with Gasteiger partial charge >= 0.3 is 5.97 Å². The van der Waals surface area contributed by atoms with Gasteiger partial charge in [0.1, 0.15) is 24.1 Å². The molecule has 45 heavy (non-hydrogen) atoms. The van der Waals surface area contributed by atoms with Crippen LogP contribution in [-0.4, -0.2) is 23.2 Å². The van der Waals surface area contributed by atoms with Crippen molar-refractivity contribution >= 4 is 34.2 Å². The van der Waals surface area contributed by atoms with Crippen molar-refractivity contribution in [2.45, 2.75) is 46.4 Å². The van der Waals surface area contributed by atoms with Crippen molar-refractivity contribution in [2.24, 2.45) is 4.99 Å². The first-order valence-corrected chi connectivity index (χ1v) is 15.8. The van der Waals surface area contributed by atoms with Crippen LogP contribution in [0.25, 0.3) is 16.8 Å². The highest BCUT2D eigenvalue weighted by Gasteiger charge is 2.35. The fraction of sp³-hybridized carbons (Fsp3) is 0.216. The van der Waals surface area contributed by atoms with E-state index in [-0.39, 0.29) is 18.3 Å². The zero-order valence-corrected chi connectivity index (χ0v) is 26.5. The standard InChI is InChI=1S/C37H34N2O5S/c1-5-42-36(41)33-24(4)38-37-39(34(33)30-18-8-9-19-31(30)44-23(2)3)35(40)32(45-37)21-25-12-10-16-28(20-25)43-22-27-15-11-14-26-13-6-7-17-29(26)27/h6-21,23,34H,5,22H2,1-4H3/b32-21-/t34-/m1/s1. The Hall–Kier alpha value is -4.95. The predicted molar refractivity (Wildman–Crippen MR) is 177 cm³/mol. The number of aromatic nitrogens is 1. The van der Waals surface area contributed by atoms with Gasteiger partial charge in [0, 0.05) is 5.56 Å². The van der Waals surface area contributed by atoms with Crippen molar-refractivity contribution in [2.75, 3.05) is 6.61 Å². The summed E-state index contributed by atoms with van der Waals surface area (Å²) >= 11 is 1.28. The summed E-state index contributed by atoms with van der Waals surface area (Å²) in [7, 11) is 0. The minimum Gasteiger partial charge on any atom is -0.491 e. The predicted octanol–water partition coefficient (Wildman–Crippen LogP) is 6.32. The number of hydrogen-bond acceptors (Lipinski definition) is 7. The van der Waals surface area contributed by atoms with Gasteiger partial charge < -0.3 is 14.2 Å². The number of carbonyl (C=O) groups excluding carboxylic acids is 1. The minimum absolute atomic E-state index is 0.104. The van der Waals surface area contributed by atoms with Crippen molar-refractivity contribution in [3.8, 4) is 11.5 Å². The lowest BCUT2D eigenvalue weighted by Crippen LogP contribution is -2.40. The van der Waals surface area contributed by atoms with Crippen LogP contribution in [0.2, 0.25) is 0 Å². The molecule has 0 saturated heterocycles. The molecule has 5 aromatic rings. The van der Waals surface area contributed by atoms with Crippen molar-refractivity contribution in [3.63, 3.8) is 0 Å². The largest absolute Gasteiger partial charge is 0.491 e. The molecular formula is C37H34N2O5S. The van der Waals surface area contributed by atoms with Gasteiger partial charge in [-0.15, -0.1) is 0 Å². The summed E-state index contributed by atoms with van der Waals surface area (Å²) in [5.74, 6) is 0.788. The van der Waals surface area contributed by atoms with Crippen LogP contribution in [-0.2, 0) is 16.1 Å². The van der Waals surface area contributed by atoms with E-state index >= 15 is 0 Å². The maximum absolute atomic E-state index is 14.1. The highest BCUT2D eigenvalue weighted by atomic mass is 32.1. The molecule has 0 amide bonds. The fourth-order valence-corrected chi connectivity index (χ4v) is 6.62. The first kappa shape index (κ1) is 30.1. The monoisotopic (exact) mass is 618 g/mol. The van der Waals surface area contributed by atoms with Crippen molar-refractivity contribution < 1.29 is 19.0 Å². The second-order valence-corrected chi connectivity index (χ2v) is 12.0. The summed E-state index contributed by atoms with van der Waals surface area (Å²) in [5, 5.41) is 2.32. The van der Waals surface area contributed by atoms with Crippen LogP contribution in [0, 0.1) is 0 Å². The molecule has 0 radical (unpaired) electrons. The Balaban J connectivity index is 1.39. The third-order valence-corrected chi connectivity index (χ3v) is 8.51. The van der Waals surface area contributed by atoms with Gasteiger partial charge in [-0.3, -0.25) is 9.36 Å². The third-order valence-electron chi connectivity index (χ3n) is 7.52. The molecule has 1 atom stereocenters. The average Bonchev–Trinajstić information content (AvgIpc) is 3.33. The van der Waals surface area contributed by atoms with Crippen molar-refractivity contribution in [1.29, 1.82) is 0 Å². The molecule has 0 spiro atoms. The molecule has 2 heterocycles. The van der Waals surface area contributed by atoms with Gasteiger partial charge in [0.2, 0.25) is 0 Å². The fourth-order valence-electron chi connectivity index (χ4n) is 5.58. The molecule has 0 aliphatic carbocycles. The number of allylic oxidation sites excluding steroid dienone is 1. The highest BCUT2D eigenvalue weighted by molar-refractivity contribution is 7.07. The first-order valence-electron chi connectivity index (χ1n) is 15.0. The summed E-state index contributed by atoms with van der Waals surface area (Å²) in [4.78, 5) is 32.6. The van der Waals surface area contributed by atoms with Gasteiger partial charge in [0.15, 0.2) is 4.80 Å². The molecule has 0 saturated carbocycles. The molecule has 0 fully saturated rings. The number of para-hydroxylation sites is 1. The van der Waals surface area contributed by atoms with E-state index in [1.54, 1.807) is 18.4 Å². The maximum atomic E-state index is 14.1. The normalized spacial score (nSPS) is 14.8. The third kappa shape index (κ3) is 6.19. The second kappa shape index (κ2) is 13.0. The summed E-state index contributed by atoms with van der Waals surface area (Å²) in [6.07, 6.45) is 1.74. The molecule has 1 aliphatic rings. The van der Waals surface area contributed by atoms with E-state index in [0.29, 0.717) is 44.3 Å². The van der Waals surface area contributed by atoms with E-state index in [0.717, 1.165) is 16.5 Å². The van der Waals surface area contributed by atoms with Crippen LogP contribution in [0.4, 0.5) is 0 Å². The number of ether oxygens (including phenoxy) is 3. The number of fused-ring (bicyclic) bond motifs is 2. The lowest BCUT2D eigenvalue weighted by atomic mass is 9.95. The molecule has 0 unspecified atom stereocenters. The number of carbonyl (C=O) groups is 1. The zero-order valence-electron chi connectivity index (χ0n) is 25.7. The first-order chi connectivity index (χ1) is 21.8. The van der Waals surface area contributed by atoms with Crippen LogP contribution in [0.5, 0.6) is 11.5 Å². The van der Waals surface area contributed by atoms with E-state index in [1.807, 2.05) is 86.7 Å². The lowest BCUT2D eigenvalue weighted by molar-refractivity contribution is -0.139. The number of nitrogens with zero attached hydrogens (tertiary/aromatic N) is 2. The molecule has 228 valence electrons. The van der Waals surface area contributed by atoms with Gasteiger partial charge in [-0.05, 0) is 73.9 Å². The Morgan fingerprint density at radius 3 is 2.58 bits per heavy atom. The number of hydrogen-bond donors (Lipinski definition) is 0. The molecule has 0 bridgehead atoms. The molecule has 4 aromatic carbocycles. The van der Waals surface area contributed by atoms with Gasteiger partial charge in [-0.1, -0.05) is 84.1 Å². The zero-order chi connectivity index (χ0) is 31.5. The highest BCUT2D eigenvalue weighted by Crippen LogP contribution is 2.36. The van der Waals surface area contributed by atoms with Crippen molar-refractivity contribution in [1.82, 2.24) is 4.57 Å². The summed E-state index contributed by atoms with van der Waals surface area (Å²) in [5.41, 5.74) is 3.19. The van der Waals surface area contributed by atoms with E-state index in [4.69, 9.17) is 19.2 Å². The van der Waals surface area contributed by atoms with Gasteiger partial charge in [-0.2, -0.15) is 0 Å². The Morgan fingerprint density at radius 2 is 1.76 bits per heavy atom. The molecule has 7 nitrogen and oxygen atoms in total. The van der Waals surface area contributed by atoms with Crippen LogP contribution in [0.1, 0.15) is 50.4 Å². The van der Waals surface area contributed by atoms with E-state index < -0.39 is 12.0 Å². The van der Waals surface area contributed by atoms with Crippen molar-refractivity contribution in [3.05, 3.63) is 139 Å². The Bertz CT molecular complexity index is 2100. The molecule has 1 aliphatic heterocycles. The van der Waals surface area contributed by atoms with Crippen LogP contribution in [0.3, 0.4) is 0 Å². The average molecular weight is 619 g/mol. The minimum atomic E-state index is -0.757. The quantitative estimate of drug-likeness (QED) is 0.181. The molecule has 6 rings (SSSR count). The number of thiazole rings is 1. The number of rotatable bonds is 9. The van der Waals surface area contributed by atoms with Gasteiger partial charge in [-0.25, -0.2) is 9.79 Å². The number of esters is 1. The summed E-state index contributed by atoms with van der Waals surface area (Å²) in [6.45, 7) is 8.04. The summed E-state index contributed by atoms with van der Waals surface area (Å²) < 4.78 is 19.8. The lowest BCUT2D eigenvalue weighted by Gasteiger charge is -2.26. The van der Waals surface area contributed by atoms with Gasteiger partial charge in [0.25, 0.3) is 5.56 Å². The molecule has 8 heteroatoms. The Kier molecular flexibility index (Phi) is 8.67. The van der Waals surface area contributed by atoms with Crippen LogP contribution < -0.4 is 24.4 Å². The Morgan fingerprint density at radius 1 is 1.00 bits per heavy atom. The van der Waals surface area contributed by atoms with E-state index in [1.165, 1.54) is 16.7 Å². The SMILES string of the molecule is CCOC(=O)C1=C(C)N=c2s/c(=C\c3cccc(OCc4cccc5ccccc45)c3)c(=O)n2[C@@H]1c1ccccc1OC(C)C. The Labute approximate surface area is 265 Å².